The van der Waals surface area contributed by atoms with Gasteiger partial charge in [-0.1, -0.05) is 34.8 Å². The predicted octanol–water partition coefficient (Wildman–Crippen LogP) is 7.41. The van der Waals surface area contributed by atoms with Crippen LogP contribution in [0.3, 0.4) is 0 Å². The van der Waals surface area contributed by atoms with E-state index in [1.54, 1.807) is 18.2 Å². The summed E-state index contributed by atoms with van der Waals surface area (Å²) in [5.74, 6) is 2.15. The Hall–Kier alpha value is -0.590. The zero-order valence-corrected chi connectivity index (χ0v) is 18.9. The van der Waals surface area contributed by atoms with Gasteiger partial charge < -0.3 is 14.2 Å². The standard InChI is InChI=1S/C18H15Br2Cl3O3/c19-15-10-14(25-9-6-17(22)23)11-16(20)18(15)26-8-1-7-24-13-4-2-12(21)3-5-13/h2-6,10-11H,1,7-9H2. The van der Waals surface area contributed by atoms with E-state index in [0.717, 1.165) is 21.1 Å². The van der Waals surface area contributed by atoms with Crippen LogP contribution in [0.15, 0.2) is 55.9 Å². The zero-order valence-electron chi connectivity index (χ0n) is 13.5. The van der Waals surface area contributed by atoms with Crippen molar-refractivity contribution in [1.29, 1.82) is 0 Å². The first kappa shape index (κ1) is 21.7. The Bertz CT molecular complexity index is 725. The van der Waals surface area contributed by atoms with Gasteiger partial charge in [-0.25, -0.2) is 0 Å². The Kier molecular flexibility index (Phi) is 9.43. The van der Waals surface area contributed by atoms with E-state index < -0.39 is 0 Å². The molecule has 0 unspecified atom stereocenters. The van der Waals surface area contributed by atoms with Crippen LogP contribution in [0.1, 0.15) is 6.42 Å². The minimum atomic E-state index is 0.170. The maximum absolute atomic E-state index is 5.84. The summed E-state index contributed by atoms with van der Waals surface area (Å²) >= 11 is 23.9. The highest BCUT2D eigenvalue weighted by atomic mass is 79.9. The molecule has 2 aromatic rings. The van der Waals surface area contributed by atoms with Crippen molar-refractivity contribution in [3.05, 3.63) is 60.9 Å². The highest BCUT2D eigenvalue weighted by Gasteiger charge is 2.10. The third kappa shape index (κ3) is 7.57. The molecule has 0 aliphatic rings. The normalized spacial score (nSPS) is 10.3. The van der Waals surface area contributed by atoms with Crippen LogP contribution in [-0.2, 0) is 0 Å². The molecular formula is C18H15Br2Cl3O3. The number of hydrogen-bond donors (Lipinski definition) is 0. The van der Waals surface area contributed by atoms with E-state index in [0.29, 0.717) is 29.7 Å². The molecule has 0 aliphatic heterocycles. The van der Waals surface area contributed by atoms with Crippen molar-refractivity contribution < 1.29 is 14.2 Å². The van der Waals surface area contributed by atoms with Crippen molar-refractivity contribution in [1.82, 2.24) is 0 Å². The van der Waals surface area contributed by atoms with Crippen LogP contribution >= 0.6 is 66.7 Å². The molecule has 0 fully saturated rings. The summed E-state index contributed by atoms with van der Waals surface area (Å²) in [6.07, 6.45) is 2.30. The maximum Gasteiger partial charge on any atom is 0.147 e. The van der Waals surface area contributed by atoms with Crippen LogP contribution in [0.5, 0.6) is 17.2 Å². The second-order valence-corrected chi connectivity index (χ2v) is 8.18. The summed E-state index contributed by atoms with van der Waals surface area (Å²) in [4.78, 5) is 0. The van der Waals surface area contributed by atoms with E-state index in [2.05, 4.69) is 31.9 Å². The van der Waals surface area contributed by atoms with Crippen molar-refractivity contribution >= 4 is 66.7 Å². The predicted molar refractivity (Wildman–Crippen MR) is 114 cm³/mol. The van der Waals surface area contributed by atoms with Crippen LogP contribution in [0.4, 0.5) is 0 Å². The molecule has 2 rings (SSSR count). The van der Waals surface area contributed by atoms with E-state index in [9.17, 15) is 0 Å². The van der Waals surface area contributed by atoms with Crippen molar-refractivity contribution in [3.8, 4) is 17.2 Å². The quantitative estimate of drug-likeness (QED) is 0.307. The van der Waals surface area contributed by atoms with Crippen molar-refractivity contribution in [2.24, 2.45) is 0 Å². The minimum Gasteiger partial charge on any atom is -0.493 e. The highest BCUT2D eigenvalue weighted by Crippen LogP contribution is 2.37. The van der Waals surface area contributed by atoms with E-state index >= 15 is 0 Å². The summed E-state index contributed by atoms with van der Waals surface area (Å²) in [7, 11) is 0. The molecule has 140 valence electrons. The van der Waals surface area contributed by atoms with Crippen molar-refractivity contribution in [2.75, 3.05) is 19.8 Å². The Labute approximate surface area is 184 Å². The van der Waals surface area contributed by atoms with Gasteiger partial charge in [0.1, 0.15) is 28.3 Å². The van der Waals surface area contributed by atoms with Gasteiger partial charge in [0.15, 0.2) is 0 Å². The molecule has 0 bridgehead atoms. The summed E-state index contributed by atoms with van der Waals surface area (Å²) in [5, 5.41) is 0.685. The van der Waals surface area contributed by atoms with E-state index in [4.69, 9.17) is 49.0 Å². The Morgan fingerprint density at radius 2 is 1.50 bits per heavy atom. The summed E-state index contributed by atoms with van der Waals surface area (Å²) in [5.41, 5.74) is 0. The number of benzene rings is 2. The first-order chi connectivity index (χ1) is 12.5. The van der Waals surface area contributed by atoms with E-state index in [1.165, 1.54) is 0 Å². The van der Waals surface area contributed by atoms with Crippen LogP contribution in [0.2, 0.25) is 5.02 Å². The molecule has 0 aliphatic carbocycles. The fourth-order valence-electron chi connectivity index (χ4n) is 1.91. The second kappa shape index (κ2) is 11.3. The van der Waals surface area contributed by atoms with Crippen LogP contribution in [0, 0.1) is 0 Å². The fourth-order valence-corrected chi connectivity index (χ4v) is 3.54. The lowest BCUT2D eigenvalue weighted by molar-refractivity contribution is 0.245. The smallest absolute Gasteiger partial charge is 0.147 e. The zero-order chi connectivity index (χ0) is 18.9. The van der Waals surface area contributed by atoms with Crippen LogP contribution in [-0.4, -0.2) is 19.8 Å². The number of halogens is 5. The van der Waals surface area contributed by atoms with Gasteiger partial charge >= 0.3 is 0 Å². The van der Waals surface area contributed by atoms with Gasteiger partial charge in [0.2, 0.25) is 0 Å². The molecule has 0 heterocycles. The molecule has 8 heteroatoms. The molecule has 0 spiro atoms. The first-order valence-corrected chi connectivity index (χ1v) is 10.3. The molecule has 0 radical (unpaired) electrons. The Morgan fingerprint density at radius 1 is 0.885 bits per heavy atom. The minimum absolute atomic E-state index is 0.170. The topological polar surface area (TPSA) is 27.7 Å². The lowest BCUT2D eigenvalue weighted by Crippen LogP contribution is -2.05. The maximum atomic E-state index is 5.84. The first-order valence-electron chi connectivity index (χ1n) is 7.60. The summed E-state index contributed by atoms with van der Waals surface area (Å²) < 4.78 is 18.7. The van der Waals surface area contributed by atoms with Gasteiger partial charge in [-0.05, 0) is 74.3 Å². The molecule has 0 N–H and O–H groups in total. The second-order valence-electron chi connectivity index (χ2n) is 5.03. The molecule has 3 nitrogen and oxygen atoms in total. The van der Waals surface area contributed by atoms with Gasteiger partial charge in [0, 0.05) is 11.4 Å². The van der Waals surface area contributed by atoms with Crippen molar-refractivity contribution in [2.45, 2.75) is 6.42 Å². The van der Waals surface area contributed by atoms with Gasteiger partial charge in [-0.3, -0.25) is 0 Å². The molecule has 0 saturated heterocycles. The lowest BCUT2D eigenvalue weighted by Gasteiger charge is -2.13. The van der Waals surface area contributed by atoms with Crippen LogP contribution < -0.4 is 14.2 Å². The molecule has 0 atom stereocenters. The fraction of sp³-hybridized carbons (Fsp3) is 0.222. The lowest BCUT2D eigenvalue weighted by atomic mass is 10.3. The Morgan fingerprint density at radius 3 is 2.12 bits per heavy atom. The summed E-state index contributed by atoms with van der Waals surface area (Å²) in [6, 6.07) is 10.9. The number of hydrogen-bond acceptors (Lipinski definition) is 3. The average Bonchev–Trinajstić information content (AvgIpc) is 2.58. The molecule has 2 aromatic carbocycles. The third-order valence-corrected chi connectivity index (χ3v) is 4.82. The molecule has 0 aromatic heterocycles. The monoisotopic (exact) mass is 542 g/mol. The largest absolute Gasteiger partial charge is 0.493 e. The highest BCUT2D eigenvalue weighted by molar-refractivity contribution is 9.11. The van der Waals surface area contributed by atoms with Crippen LogP contribution in [0.25, 0.3) is 0 Å². The molecule has 26 heavy (non-hydrogen) atoms. The van der Waals surface area contributed by atoms with Gasteiger partial charge in [0.25, 0.3) is 0 Å². The molecule has 0 amide bonds. The average molecular weight is 545 g/mol. The SMILES string of the molecule is ClC(Cl)=CCOc1cc(Br)c(OCCCOc2ccc(Cl)cc2)c(Br)c1. The third-order valence-electron chi connectivity index (χ3n) is 3.08. The van der Waals surface area contributed by atoms with E-state index in [1.807, 2.05) is 24.3 Å². The van der Waals surface area contributed by atoms with E-state index in [-0.39, 0.29) is 11.1 Å². The molecule has 0 saturated carbocycles. The van der Waals surface area contributed by atoms with Gasteiger partial charge in [0.05, 0.1) is 22.2 Å². The number of ether oxygens (including phenoxy) is 3. The molecular weight excluding hydrogens is 530 g/mol. The number of rotatable bonds is 9. The van der Waals surface area contributed by atoms with Gasteiger partial charge in [-0.15, -0.1) is 0 Å². The van der Waals surface area contributed by atoms with Gasteiger partial charge in [-0.2, -0.15) is 0 Å². The van der Waals surface area contributed by atoms with Crippen molar-refractivity contribution in [3.63, 3.8) is 0 Å². The summed E-state index contributed by atoms with van der Waals surface area (Å²) in [6.45, 7) is 1.34. The Balaban J connectivity index is 1.79.